The first-order valence-corrected chi connectivity index (χ1v) is 7.54. The smallest absolute Gasteiger partial charge is 0.191 e. The van der Waals surface area contributed by atoms with Crippen LogP contribution in [-0.4, -0.2) is 29.1 Å². The zero-order valence-electron chi connectivity index (χ0n) is 13.4. The van der Waals surface area contributed by atoms with Crippen LogP contribution in [0.5, 0.6) is 0 Å². The van der Waals surface area contributed by atoms with E-state index in [1.807, 2.05) is 25.1 Å². The standard InChI is InChI=1S/C17H21FN4O.HI/c1-2-19-17(21-11-15-5-3-4-10-20-15)22-12-16(23)13-6-8-14(18)9-7-13;/h3-10,16,23H,2,11-12H2,1H3,(H2,19,21,22);1H. The summed E-state index contributed by atoms with van der Waals surface area (Å²) in [4.78, 5) is 8.64. The molecular weight excluding hydrogens is 422 g/mol. The van der Waals surface area contributed by atoms with Gasteiger partial charge in [-0.05, 0) is 36.8 Å². The summed E-state index contributed by atoms with van der Waals surface area (Å²) < 4.78 is 12.9. The second-order valence-corrected chi connectivity index (χ2v) is 4.96. The molecule has 0 aliphatic rings. The van der Waals surface area contributed by atoms with Gasteiger partial charge in [-0.15, -0.1) is 24.0 Å². The molecule has 2 rings (SSSR count). The minimum atomic E-state index is -0.741. The summed E-state index contributed by atoms with van der Waals surface area (Å²) in [5.74, 6) is 0.276. The third-order valence-corrected chi connectivity index (χ3v) is 3.19. The average molecular weight is 444 g/mol. The monoisotopic (exact) mass is 444 g/mol. The number of rotatable bonds is 6. The molecule has 0 aliphatic carbocycles. The van der Waals surface area contributed by atoms with Crippen molar-refractivity contribution >= 4 is 29.9 Å². The van der Waals surface area contributed by atoms with Crippen LogP contribution >= 0.6 is 24.0 Å². The summed E-state index contributed by atoms with van der Waals surface area (Å²) in [6.07, 6.45) is 0.984. The molecule has 0 amide bonds. The summed E-state index contributed by atoms with van der Waals surface area (Å²) >= 11 is 0. The lowest BCUT2D eigenvalue weighted by atomic mass is 10.1. The third-order valence-electron chi connectivity index (χ3n) is 3.19. The molecule has 5 nitrogen and oxygen atoms in total. The maximum atomic E-state index is 12.9. The van der Waals surface area contributed by atoms with Crippen molar-refractivity contribution in [2.45, 2.75) is 19.6 Å². The highest BCUT2D eigenvalue weighted by Crippen LogP contribution is 2.12. The Morgan fingerprint density at radius 2 is 1.96 bits per heavy atom. The fourth-order valence-electron chi connectivity index (χ4n) is 1.99. The van der Waals surface area contributed by atoms with E-state index in [9.17, 15) is 9.50 Å². The Kier molecular flexibility index (Phi) is 9.24. The molecule has 0 saturated heterocycles. The first-order chi connectivity index (χ1) is 11.2. The molecule has 3 N–H and O–H groups in total. The average Bonchev–Trinajstić information content (AvgIpc) is 2.58. The predicted octanol–water partition coefficient (Wildman–Crippen LogP) is 2.63. The molecule has 1 aromatic heterocycles. The Labute approximate surface area is 158 Å². The molecule has 0 fully saturated rings. The van der Waals surface area contributed by atoms with Crippen molar-refractivity contribution in [1.29, 1.82) is 0 Å². The van der Waals surface area contributed by atoms with Gasteiger partial charge in [0.05, 0.1) is 18.3 Å². The SMILES string of the molecule is CCNC(=NCc1ccccn1)NCC(O)c1ccc(F)cc1.I. The number of benzene rings is 1. The number of aliphatic hydroxyl groups is 1. The van der Waals surface area contributed by atoms with E-state index in [2.05, 4.69) is 20.6 Å². The van der Waals surface area contributed by atoms with Gasteiger partial charge >= 0.3 is 0 Å². The van der Waals surface area contributed by atoms with Crippen molar-refractivity contribution in [1.82, 2.24) is 15.6 Å². The van der Waals surface area contributed by atoms with Gasteiger partial charge in [-0.3, -0.25) is 4.98 Å². The minimum absolute atomic E-state index is 0. The highest BCUT2D eigenvalue weighted by Gasteiger charge is 2.08. The van der Waals surface area contributed by atoms with E-state index in [0.717, 1.165) is 5.69 Å². The zero-order chi connectivity index (χ0) is 16.5. The Morgan fingerprint density at radius 1 is 1.21 bits per heavy atom. The molecule has 0 radical (unpaired) electrons. The molecule has 2 aromatic rings. The lowest BCUT2D eigenvalue weighted by molar-refractivity contribution is 0.180. The van der Waals surface area contributed by atoms with Gasteiger partial charge < -0.3 is 15.7 Å². The van der Waals surface area contributed by atoms with Crippen LogP contribution in [0, 0.1) is 5.82 Å². The van der Waals surface area contributed by atoms with Crippen LogP contribution < -0.4 is 10.6 Å². The van der Waals surface area contributed by atoms with E-state index >= 15 is 0 Å². The van der Waals surface area contributed by atoms with Gasteiger partial charge in [-0.1, -0.05) is 18.2 Å². The summed E-state index contributed by atoms with van der Waals surface area (Å²) in [6, 6.07) is 11.5. The van der Waals surface area contributed by atoms with Crippen molar-refractivity contribution in [3.05, 3.63) is 65.7 Å². The molecular formula is C17H22FIN4O. The summed E-state index contributed by atoms with van der Waals surface area (Å²) in [5.41, 5.74) is 1.52. The highest BCUT2D eigenvalue weighted by molar-refractivity contribution is 14.0. The predicted molar refractivity (Wildman–Crippen MR) is 104 cm³/mol. The molecule has 0 spiro atoms. The van der Waals surface area contributed by atoms with Gasteiger partial charge in [0.1, 0.15) is 5.82 Å². The number of hydrogen-bond donors (Lipinski definition) is 3. The van der Waals surface area contributed by atoms with Gasteiger partial charge in [0.15, 0.2) is 5.96 Å². The number of guanidine groups is 1. The van der Waals surface area contributed by atoms with Crippen LogP contribution in [0.3, 0.4) is 0 Å². The molecule has 130 valence electrons. The number of aliphatic imine (C=N–C) groups is 1. The van der Waals surface area contributed by atoms with Crippen LogP contribution in [0.4, 0.5) is 4.39 Å². The molecule has 0 bridgehead atoms. The molecule has 7 heteroatoms. The Morgan fingerprint density at radius 3 is 2.58 bits per heavy atom. The van der Waals surface area contributed by atoms with Crippen LogP contribution in [0.1, 0.15) is 24.3 Å². The van der Waals surface area contributed by atoms with Gasteiger partial charge in [-0.2, -0.15) is 0 Å². The Bertz CT molecular complexity index is 622. The first kappa shape index (κ1) is 20.3. The van der Waals surface area contributed by atoms with E-state index in [4.69, 9.17) is 0 Å². The second-order valence-electron chi connectivity index (χ2n) is 4.96. The van der Waals surface area contributed by atoms with Crippen LogP contribution in [0.25, 0.3) is 0 Å². The normalized spacial score (nSPS) is 12.2. The number of pyridine rings is 1. The molecule has 1 atom stereocenters. The molecule has 1 aromatic carbocycles. The van der Waals surface area contributed by atoms with Crippen molar-refractivity contribution in [2.24, 2.45) is 4.99 Å². The van der Waals surface area contributed by atoms with Gasteiger partial charge in [0.25, 0.3) is 0 Å². The minimum Gasteiger partial charge on any atom is -0.387 e. The molecule has 0 aliphatic heterocycles. The fourth-order valence-corrected chi connectivity index (χ4v) is 1.99. The molecule has 1 heterocycles. The molecule has 0 saturated carbocycles. The van der Waals surface area contributed by atoms with E-state index < -0.39 is 6.10 Å². The Balaban J connectivity index is 0.00000288. The number of nitrogens with one attached hydrogen (secondary N) is 2. The summed E-state index contributed by atoms with van der Waals surface area (Å²) in [6.45, 7) is 3.40. The van der Waals surface area contributed by atoms with Crippen LogP contribution in [0.2, 0.25) is 0 Å². The first-order valence-electron chi connectivity index (χ1n) is 7.54. The van der Waals surface area contributed by atoms with Gasteiger partial charge in [0, 0.05) is 19.3 Å². The van der Waals surface area contributed by atoms with Crippen LogP contribution in [0.15, 0.2) is 53.7 Å². The van der Waals surface area contributed by atoms with E-state index in [0.29, 0.717) is 24.6 Å². The third kappa shape index (κ3) is 6.79. The molecule has 24 heavy (non-hydrogen) atoms. The maximum Gasteiger partial charge on any atom is 0.191 e. The summed E-state index contributed by atoms with van der Waals surface area (Å²) in [5, 5.41) is 16.3. The van der Waals surface area contributed by atoms with E-state index in [1.165, 1.54) is 12.1 Å². The topological polar surface area (TPSA) is 69.5 Å². The van der Waals surface area contributed by atoms with Gasteiger partial charge in [-0.25, -0.2) is 9.38 Å². The van der Waals surface area contributed by atoms with Crippen molar-refractivity contribution in [3.63, 3.8) is 0 Å². The van der Waals surface area contributed by atoms with Crippen LogP contribution in [-0.2, 0) is 6.54 Å². The maximum absolute atomic E-state index is 12.9. The Hall–Kier alpha value is -1.74. The number of nitrogens with zero attached hydrogens (tertiary/aromatic N) is 2. The van der Waals surface area contributed by atoms with Gasteiger partial charge in [0.2, 0.25) is 0 Å². The van der Waals surface area contributed by atoms with Crippen molar-refractivity contribution in [2.75, 3.05) is 13.1 Å². The largest absolute Gasteiger partial charge is 0.387 e. The van der Waals surface area contributed by atoms with Crippen molar-refractivity contribution < 1.29 is 9.50 Å². The van der Waals surface area contributed by atoms with Crippen molar-refractivity contribution in [3.8, 4) is 0 Å². The zero-order valence-corrected chi connectivity index (χ0v) is 15.8. The quantitative estimate of drug-likeness (QED) is 0.364. The molecule has 1 unspecified atom stereocenters. The number of halogens is 2. The lowest BCUT2D eigenvalue weighted by Crippen LogP contribution is -2.39. The number of aliphatic hydroxyl groups excluding tert-OH is 1. The van der Waals surface area contributed by atoms with E-state index in [1.54, 1.807) is 18.3 Å². The number of aromatic nitrogens is 1. The van der Waals surface area contributed by atoms with E-state index in [-0.39, 0.29) is 36.3 Å². The summed E-state index contributed by atoms with van der Waals surface area (Å²) in [7, 11) is 0. The fraction of sp³-hybridized carbons (Fsp3) is 0.294. The highest BCUT2D eigenvalue weighted by atomic mass is 127. The lowest BCUT2D eigenvalue weighted by Gasteiger charge is -2.15. The number of hydrogen-bond acceptors (Lipinski definition) is 3. The second kappa shape index (κ2) is 10.9.